The molecule has 0 spiro atoms. The van der Waals surface area contributed by atoms with Crippen molar-refractivity contribution in [3.05, 3.63) is 72.4 Å². The molecule has 8 nitrogen and oxygen atoms in total. The van der Waals surface area contributed by atoms with Gasteiger partial charge in [0.1, 0.15) is 5.75 Å². The lowest BCUT2D eigenvalue weighted by molar-refractivity contribution is -0.111. The van der Waals surface area contributed by atoms with Crippen molar-refractivity contribution in [2.24, 2.45) is 0 Å². The van der Waals surface area contributed by atoms with Crippen LogP contribution in [0.25, 0.3) is 11.3 Å². The van der Waals surface area contributed by atoms with Crippen LogP contribution >= 0.6 is 11.6 Å². The van der Waals surface area contributed by atoms with Gasteiger partial charge in [0.25, 0.3) is 0 Å². The summed E-state index contributed by atoms with van der Waals surface area (Å²) in [4.78, 5) is 25.8. The van der Waals surface area contributed by atoms with E-state index in [0.29, 0.717) is 29.0 Å². The molecule has 1 aromatic heterocycles. The summed E-state index contributed by atoms with van der Waals surface area (Å²) in [7, 11) is 0. The van der Waals surface area contributed by atoms with Gasteiger partial charge >= 0.3 is 0 Å². The van der Waals surface area contributed by atoms with E-state index in [4.69, 9.17) is 16.3 Å². The van der Waals surface area contributed by atoms with Crippen LogP contribution in [0.1, 0.15) is 19.3 Å². The number of hydrogen-bond donors (Lipinski definition) is 2. The average molecular weight is 533 g/mol. The molecule has 0 bridgehead atoms. The van der Waals surface area contributed by atoms with Gasteiger partial charge in [0.15, 0.2) is 0 Å². The number of aromatic nitrogens is 2. The molecule has 38 heavy (non-hydrogen) atoms. The number of anilines is 3. The summed E-state index contributed by atoms with van der Waals surface area (Å²) in [6, 6.07) is 16.0. The number of carbonyl (C=O) groups is 1. The van der Waals surface area contributed by atoms with Gasteiger partial charge in [0.05, 0.1) is 23.5 Å². The fourth-order valence-corrected chi connectivity index (χ4v) is 4.83. The number of halogens is 1. The molecule has 2 aromatic carbocycles. The highest BCUT2D eigenvalue weighted by atomic mass is 35.5. The molecule has 0 radical (unpaired) electrons. The molecule has 0 atom stereocenters. The third-order valence-electron chi connectivity index (χ3n) is 6.78. The van der Waals surface area contributed by atoms with Gasteiger partial charge in [0.2, 0.25) is 11.9 Å². The Hall–Kier alpha value is -3.46. The maximum Gasteiger partial charge on any atom is 0.247 e. The largest absolute Gasteiger partial charge is 0.493 e. The highest BCUT2D eigenvalue weighted by Gasteiger charge is 2.30. The smallest absolute Gasteiger partial charge is 0.247 e. The van der Waals surface area contributed by atoms with Crippen LogP contribution < -0.4 is 15.4 Å². The second-order valence-corrected chi connectivity index (χ2v) is 10.0. The lowest BCUT2D eigenvalue weighted by Crippen LogP contribution is -2.47. The number of amides is 1. The highest BCUT2D eigenvalue weighted by molar-refractivity contribution is 6.33. The van der Waals surface area contributed by atoms with Gasteiger partial charge in [-0.1, -0.05) is 36.4 Å². The molecule has 1 saturated heterocycles. The molecule has 2 aliphatic rings. The number of piperazine rings is 1. The van der Waals surface area contributed by atoms with Crippen molar-refractivity contribution >= 4 is 34.8 Å². The van der Waals surface area contributed by atoms with E-state index >= 15 is 0 Å². The van der Waals surface area contributed by atoms with Crippen LogP contribution in [-0.4, -0.2) is 71.0 Å². The maximum absolute atomic E-state index is 11.7. The Morgan fingerprint density at radius 2 is 1.89 bits per heavy atom. The van der Waals surface area contributed by atoms with Crippen molar-refractivity contribution in [1.29, 1.82) is 0 Å². The fraction of sp³-hybridized carbons (Fsp3) is 0.345. The lowest BCUT2D eigenvalue weighted by atomic mass is 10.1. The summed E-state index contributed by atoms with van der Waals surface area (Å²) in [5.74, 6) is 0.924. The Morgan fingerprint density at radius 1 is 1.11 bits per heavy atom. The van der Waals surface area contributed by atoms with Gasteiger partial charge < -0.3 is 20.3 Å². The Morgan fingerprint density at radius 3 is 2.68 bits per heavy atom. The van der Waals surface area contributed by atoms with Crippen LogP contribution in [0.2, 0.25) is 5.02 Å². The monoisotopic (exact) mass is 532 g/mol. The molecule has 2 fully saturated rings. The summed E-state index contributed by atoms with van der Waals surface area (Å²) < 4.78 is 6.03. The lowest BCUT2D eigenvalue weighted by Gasteiger charge is -2.34. The third kappa shape index (κ3) is 7.10. The fourth-order valence-electron chi connectivity index (χ4n) is 4.63. The first-order valence-electron chi connectivity index (χ1n) is 13.1. The minimum atomic E-state index is -0.285. The zero-order valence-corrected chi connectivity index (χ0v) is 22.2. The summed E-state index contributed by atoms with van der Waals surface area (Å²) in [6.07, 6.45) is 6.56. The molecule has 1 aliphatic heterocycles. The topological polar surface area (TPSA) is 82.6 Å². The van der Waals surface area contributed by atoms with Crippen molar-refractivity contribution in [2.45, 2.75) is 25.3 Å². The van der Waals surface area contributed by atoms with Gasteiger partial charge in [-0.05, 0) is 49.6 Å². The summed E-state index contributed by atoms with van der Waals surface area (Å²) in [6.45, 7) is 9.94. The Bertz CT molecular complexity index is 1270. The molecule has 0 unspecified atom stereocenters. The second-order valence-electron chi connectivity index (χ2n) is 9.63. The maximum atomic E-state index is 11.7. The summed E-state index contributed by atoms with van der Waals surface area (Å²) >= 11 is 6.41. The zero-order chi connectivity index (χ0) is 26.3. The van der Waals surface area contributed by atoms with Crippen molar-refractivity contribution in [3.8, 4) is 17.0 Å². The number of benzene rings is 2. The normalized spacial score (nSPS) is 16.1. The molecule has 198 valence electrons. The molecular formula is C29H33ClN6O2. The van der Waals surface area contributed by atoms with E-state index < -0.39 is 0 Å². The molecule has 5 rings (SSSR count). The predicted octanol–water partition coefficient (Wildman–Crippen LogP) is 5.21. The second kappa shape index (κ2) is 12.4. The standard InChI is InChI=1S/C29H33ClN6O2/c1-2-27(37)32-22-7-3-6-21(18-22)28-26(30)20-31-29(34-28)33-23-8-4-9-25(19-23)38-17-5-12-35-13-15-36(16-14-35)24-10-11-24/h2-4,6-9,18-20,24H,1,5,10-17H2,(H,32,37)(H,31,33,34). The minimum absolute atomic E-state index is 0.285. The van der Waals surface area contributed by atoms with E-state index in [9.17, 15) is 4.79 Å². The van der Waals surface area contributed by atoms with E-state index in [1.54, 1.807) is 18.3 Å². The molecule has 1 aliphatic carbocycles. The molecule has 9 heteroatoms. The number of rotatable bonds is 11. The quantitative estimate of drug-likeness (QED) is 0.259. The first-order chi connectivity index (χ1) is 18.6. The van der Waals surface area contributed by atoms with E-state index in [1.807, 2.05) is 36.4 Å². The van der Waals surface area contributed by atoms with Crippen molar-refractivity contribution < 1.29 is 9.53 Å². The van der Waals surface area contributed by atoms with Crippen LogP contribution in [0.5, 0.6) is 5.75 Å². The first-order valence-corrected chi connectivity index (χ1v) is 13.5. The summed E-state index contributed by atoms with van der Waals surface area (Å²) in [5, 5.41) is 6.40. The number of carbonyl (C=O) groups excluding carboxylic acids is 1. The Labute approximate surface area is 228 Å². The van der Waals surface area contributed by atoms with Crippen molar-refractivity contribution in [2.75, 3.05) is 50.0 Å². The minimum Gasteiger partial charge on any atom is -0.493 e. The van der Waals surface area contributed by atoms with Crippen LogP contribution in [0.15, 0.2) is 67.4 Å². The zero-order valence-electron chi connectivity index (χ0n) is 21.4. The number of nitrogens with one attached hydrogen (secondary N) is 2. The molecule has 2 N–H and O–H groups in total. The van der Waals surface area contributed by atoms with Gasteiger partial charge in [-0.15, -0.1) is 0 Å². The molecular weight excluding hydrogens is 500 g/mol. The average Bonchev–Trinajstić information content (AvgIpc) is 3.79. The summed E-state index contributed by atoms with van der Waals surface area (Å²) in [5.41, 5.74) is 2.76. The van der Waals surface area contributed by atoms with Crippen LogP contribution in [0, 0.1) is 0 Å². The van der Waals surface area contributed by atoms with Gasteiger partial charge in [-0.3, -0.25) is 9.69 Å². The molecule has 3 aromatic rings. The van der Waals surface area contributed by atoms with Crippen molar-refractivity contribution in [3.63, 3.8) is 0 Å². The first kappa shape index (κ1) is 26.2. The number of hydrogen-bond acceptors (Lipinski definition) is 7. The van der Waals surface area contributed by atoms with Crippen LogP contribution in [0.4, 0.5) is 17.3 Å². The Kier molecular flexibility index (Phi) is 8.53. The van der Waals surface area contributed by atoms with E-state index in [0.717, 1.165) is 49.1 Å². The SMILES string of the molecule is C=CC(=O)Nc1cccc(-c2nc(Nc3cccc(OCCCN4CCN(C5CC5)CC4)c3)ncc2Cl)c1. The van der Waals surface area contributed by atoms with Gasteiger partial charge in [-0.2, -0.15) is 0 Å². The van der Waals surface area contributed by atoms with E-state index in [1.165, 1.54) is 32.0 Å². The molecule has 1 saturated carbocycles. The third-order valence-corrected chi connectivity index (χ3v) is 7.06. The van der Waals surface area contributed by atoms with Crippen LogP contribution in [0.3, 0.4) is 0 Å². The van der Waals surface area contributed by atoms with E-state index in [-0.39, 0.29) is 5.91 Å². The van der Waals surface area contributed by atoms with Crippen molar-refractivity contribution in [1.82, 2.24) is 19.8 Å². The highest BCUT2D eigenvalue weighted by Crippen LogP contribution is 2.30. The molecule has 1 amide bonds. The van der Waals surface area contributed by atoms with Gasteiger partial charge in [0, 0.05) is 61.8 Å². The number of nitrogens with zero attached hydrogens (tertiary/aromatic N) is 4. The molecule has 2 heterocycles. The van der Waals surface area contributed by atoms with Crippen LogP contribution in [-0.2, 0) is 4.79 Å². The van der Waals surface area contributed by atoms with E-state index in [2.05, 4.69) is 37.0 Å². The van der Waals surface area contributed by atoms with Gasteiger partial charge in [-0.25, -0.2) is 9.97 Å². The Balaban J connectivity index is 1.15. The predicted molar refractivity (Wildman–Crippen MR) is 152 cm³/mol. The number of ether oxygens (including phenoxy) is 1.